The van der Waals surface area contributed by atoms with E-state index in [9.17, 15) is 4.79 Å². The van der Waals surface area contributed by atoms with Gasteiger partial charge in [0.2, 0.25) is 0 Å². The highest BCUT2D eigenvalue weighted by molar-refractivity contribution is 6.08. The van der Waals surface area contributed by atoms with Crippen molar-refractivity contribution in [3.05, 3.63) is 90.3 Å². The molecule has 0 unspecified atom stereocenters. The van der Waals surface area contributed by atoms with Crippen LogP contribution >= 0.6 is 0 Å². The standard InChI is InChI=1S/C22H18N4O/c1-15-6-2-3-9-18(15)25-20-14-17(11-13-23-20)22(27)26-19-10-4-7-16-8-5-12-24-21(16)19/h2-14H,1H3,(H,23,25)(H,26,27). The summed E-state index contributed by atoms with van der Waals surface area (Å²) in [7, 11) is 0. The SMILES string of the molecule is Cc1ccccc1Nc1cc(C(=O)Nc2cccc3cccnc23)ccn1. The summed E-state index contributed by atoms with van der Waals surface area (Å²) in [5.41, 5.74) is 4.04. The van der Waals surface area contributed by atoms with Gasteiger partial charge in [0.1, 0.15) is 5.82 Å². The van der Waals surface area contributed by atoms with Crippen LogP contribution in [0.15, 0.2) is 79.1 Å². The Bertz CT molecular complexity index is 1120. The van der Waals surface area contributed by atoms with Gasteiger partial charge >= 0.3 is 0 Å². The first-order valence-electron chi connectivity index (χ1n) is 8.64. The summed E-state index contributed by atoms with van der Waals surface area (Å²) in [5.74, 6) is 0.413. The molecule has 0 aliphatic carbocycles. The van der Waals surface area contributed by atoms with E-state index in [1.807, 2.05) is 61.5 Å². The molecule has 5 heteroatoms. The Kier molecular flexibility index (Phi) is 4.49. The number of hydrogen-bond acceptors (Lipinski definition) is 4. The molecule has 0 radical (unpaired) electrons. The topological polar surface area (TPSA) is 66.9 Å². The largest absolute Gasteiger partial charge is 0.340 e. The summed E-state index contributed by atoms with van der Waals surface area (Å²) in [5, 5.41) is 7.18. The lowest BCUT2D eigenvalue weighted by Gasteiger charge is -2.11. The highest BCUT2D eigenvalue weighted by Gasteiger charge is 2.10. The zero-order valence-electron chi connectivity index (χ0n) is 14.8. The van der Waals surface area contributed by atoms with Gasteiger partial charge < -0.3 is 10.6 Å². The van der Waals surface area contributed by atoms with Crippen molar-refractivity contribution in [1.29, 1.82) is 0 Å². The molecule has 0 spiro atoms. The Hall–Kier alpha value is -3.73. The van der Waals surface area contributed by atoms with E-state index >= 15 is 0 Å². The van der Waals surface area contributed by atoms with Crippen LogP contribution in [0.4, 0.5) is 17.2 Å². The predicted octanol–water partition coefficient (Wildman–Crippen LogP) is 4.93. The summed E-state index contributed by atoms with van der Waals surface area (Å²) in [6.07, 6.45) is 3.34. The molecule has 0 fully saturated rings. The molecule has 5 nitrogen and oxygen atoms in total. The van der Waals surface area contributed by atoms with Gasteiger partial charge in [-0.2, -0.15) is 0 Å². The number of nitrogens with zero attached hydrogens (tertiary/aromatic N) is 2. The van der Waals surface area contributed by atoms with Crippen molar-refractivity contribution in [3.63, 3.8) is 0 Å². The van der Waals surface area contributed by atoms with E-state index in [0.29, 0.717) is 17.1 Å². The number of carbonyl (C=O) groups is 1. The number of amides is 1. The number of aromatic nitrogens is 2. The minimum Gasteiger partial charge on any atom is -0.340 e. The van der Waals surface area contributed by atoms with Crippen LogP contribution in [-0.4, -0.2) is 15.9 Å². The highest BCUT2D eigenvalue weighted by atomic mass is 16.1. The number of aryl methyl sites for hydroxylation is 1. The molecule has 0 bridgehead atoms. The van der Waals surface area contributed by atoms with Gasteiger partial charge in [0.05, 0.1) is 11.2 Å². The molecule has 2 heterocycles. The van der Waals surface area contributed by atoms with E-state index < -0.39 is 0 Å². The van der Waals surface area contributed by atoms with Crippen LogP contribution < -0.4 is 10.6 Å². The lowest BCUT2D eigenvalue weighted by atomic mass is 10.1. The van der Waals surface area contributed by atoms with Crippen LogP contribution in [0.5, 0.6) is 0 Å². The van der Waals surface area contributed by atoms with Gasteiger partial charge in [0.15, 0.2) is 0 Å². The Morgan fingerprint density at radius 2 is 1.67 bits per heavy atom. The Morgan fingerprint density at radius 1 is 0.852 bits per heavy atom. The van der Waals surface area contributed by atoms with Crippen LogP contribution in [0.1, 0.15) is 15.9 Å². The van der Waals surface area contributed by atoms with Crippen LogP contribution in [0.3, 0.4) is 0 Å². The van der Waals surface area contributed by atoms with Gasteiger partial charge in [-0.05, 0) is 42.8 Å². The molecule has 27 heavy (non-hydrogen) atoms. The number of para-hydroxylation sites is 2. The maximum atomic E-state index is 12.7. The second-order valence-corrected chi connectivity index (χ2v) is 6.20. The number of fused-ring (bicyclic) bond motifs is 1. The molecule has 1 amide bonds. The molecular weight excluding hydrogens is 336 g/mol. The monoisotopic (exact) mass is 354 g/mol. The van der Waals surface area contributed by atoms with E-state index in [1.54, 1.807) is 24.5 Å². The van der Waals surface area contributed by atoms with Crippen LogP contribution in [0, 0.1) is 6.92 Å². The van der Waals surface area contributed by atoms with Crippen molar-refractivity contribution in [3.8, 4) is 0 Å². The van der Waals surface area contributed by atoms with Crippen molar-refractivity contribution in [2.75, 3.05) is 10.6 Å². The van der Waals surface area contributed by atoms with E-state index in [2.05, 4.69) is 20.6 Å². The summed E-state index contributed by atoms with van der Waals surface area (Å²) in [4.78, 5) is 21.4. The van der Waals surface area contributed by atoms with Gasteiger partial charge in [-0.25, -0.2) is 4.98 Å². The van der Waals surface area contributed by atoms with Crippen LogP contribution in [0.2, 0.25) is 0 Å². The quantitative estimate of drug-likeness (QED) is 0.545. The zero-order chi connectivity index (χ0) is 18.6. The van der Waals surface area contributed by atoms with Gasteiger partial charge in [0, 0.05) is 29.0 Å². The first-order chi connectivity index (χ1) is 13.2. The van der Waals surface area contributed by atoms with E-state index in [-0.39, 0.29) is 5.91 Å². The third kappa shape index (κ3) is 3.62. The van der Waals surface area contributed by atoms with Gasteiger partial charge in [-0.15, -0.1) is 0 Å². The van der Waals surface area contributed by atoms with Gasteiger partial charge in [-0.3, -0.25) is 9.78 Å². The third-order valence-electron chi connectivity index (χ3n) is 4.31. The molecule has 0 aliphatic heterocycles. The average Bonchev–Trinajstić information content (AvgIpc) is 2.70. The number of pyridine rings is 2. The third-order valence-corrected chi connectivity index (χ3v) is 4.31. The lowest BCUT2D eigenvalue weighted by molar-refractivity contribution is 0.102. The minimum atomic E-state index is -0.205. The Balaban J connectivity index is 1.58. The van der Waals surface area contributed by atoms with Gasteiger partial charge in [0.25, 0.3) is 5.91 Å². The summed E-state index contributed by atoms with van der Waals surface area (Å²) in [6, 6.07) is 20.9. The first kappa shape index (κ1) is 16.7. The molecule has 132 valence electrons. The Labute approximate surface area is 157 Å². The molecule has 0 atom stereocenters. The number of rotatable bonds is 4. The maximum absolute atomic E-state index is 12.7. The van der Waals surface area contributed by atoms with Gasteiger partial charge in [-0.1, -0.05) is 36.4 Å². The van der Waals surface area contributed by atoms with Crippen molar-refractivity contribution in [2.24, 2.45) is 0 Å². The molecule has 4 rings (SSSR count). The molecule has 0 saturated carbocycles. The Morgan fingerprint density at radius 3 is 2.56 bits per heavy atom. The van der Waals surface area contributed by atoms with Crippen LogP contribution in [-0.2, 0) is 0 Å². The highest BCUT2D eigenvalue weighted by Crippen LogP contribution is 2.22. The summed E-state index contributed by atoms with van der Waals surface area (Å²) in [6.45, 7) is 2.02. The second kappa shape index (κ2) is 7.25. The molecule has 2 aromatic heterocycles. The first-order valence-corrected chi connectivity index (χ1v) is 8.64. The normalized spacial score (nSPS) is 10.6. The van der Waals surface area contributed by atoms with E-state index in [1.165, 1.54) is 0 Å². The predicted molar refractivity (Wildman–Crippen MR) is 108 cm³/mol. The number of carbonyl (C=O) groups excluding carboxylic acids is 1. The smallest absolute Gasteiger partial charge is 0.255 e. The summed E-state index contributed by atoms with van der Waals surface area (Å²) < 4.78 is 0. The maximum Gasteiger partial charge on any atom is 0.255 e. The second-order valence-electron chi connectivity index (χ2n) is 6.20. The molecule has 0 aliphatic rings. The van der Waals surface area contributed by atoms with Crippen molar-refractivity contribution >= 4 is 34.0 Å². The zero-order valence-corrected chi connectivity index (χ0v) is 14.8. The number of hydrogen-bond donors (Lipinski definition) is 2. The molecule has 0 saturated heterocycles. The molecular formula is C22H18N4O. The van der Waals surface area contributed by atoms with Crippen LogP contribution in [0.25, 0.3) is 10.9 Å². The average molecular weight is 354 g/mol. The van der Waals surface area contributed by atoms with Crippen molar-refractivity contribution in [1.82, 2.24) is 9.97 Å². The molecule has 4 aromatic rings. The minimum absolute atomic E-state index is 0.205. The fraction of sp³-hybridized carbons (Fsp3) is 0.0455. The molecule has 2 N–H and O–H groups in total. The van der Waals surface area contributed by atoms with E-state index in [0.717, 1.165) is 22.2 Å². The van der Waals surface area contributed by atoms with Crippen molar-refractivity contribution < 1.29 is 4.79 Å². The number of benzene rings is 2. The fourth-order valence-corrected chi connectivity index (χ4v) is 2.89. The number of nitrogens with one attached hydrogen (secondary N) is 2. The number of anilines is 3. The van der Waals surface area contributed by atoms with Crippen molar-refractivity contribution in [2.45, 2.75) is 6.92 Å². The van der Waals surface area contributed by atoms with E-state index in [4.69, 9.17) is 0 Å². The fourth-order valence-electron chi connectivity index (χ4n) is 2.89. The summed E-state index contributed by atoms with van der Waals surface area (Å²) >= 11 is 0. The molecule has 2 aromatic carbocycles. The lowest BCUT2D eigenvalue weighted by Crippen LogP contribution is -2.13.